The molecule has 2 atom stereocenters. The van der Waals surface area contributed by atoms with Crippen LogP contribution < -0.4 is 0 Å². The number of hydrogen-bond acceptors (Lipinski definition) is 2. The van der Waals surface area contributed by atoms with Gasteiger partial charge >= 0.3 is 5.97 Å². The van der Waals surface area contributed by atoms with E-state index >= 15 is 0 Å². The van der Waals surface area contributed by atoms with Crippen LogP contribution in [-0.2, 0) is 16.1 Å². The summed E-state index contributed by atoms with van der Waals surface area (Å²) in [5.41, 5.74) is 2.24. The molecule has 0 heterocycles. The summed E-state index contributed by atoms with van der Waals surface area (Å²) in [7, 11) is 1.73. The van der Waals surface area contributed by atoms with Crippen LogP contribution in [0.2, 0.25) is 0 Å². The summed E-state index contributed by atoms with van der Waals surface area (Å²) >= 11 is 0. The first kappa shape index (κ1) is 12.6. The predicted octanol–water partition coefficient (Wildman–Crippen LogP) is 1.67. The van der Waals surface area contributed by atoms with Crippen LogP contribution in [0, 0.1) is 18.8 Å². The summed E-state index contributed by atoms with van der Waals surface area (Å²) in [5.74, 6) is -1.73. The second-order valence-corrected chi connectivity index (χ2v) is 4.91. The lowest BCUT2D eigenvalue weighted by atomic mass is 10.1. The zero-order valence-corrected chi connectivity index (χ0v) is 10.6. The lowest BCUT2D eigenvalue weighted by Crippen LogP contribution is -2.29. The van der Waals surface area contributed by atoms with Gasteiger partial charge in [0.2, 0.25) is 5.91 Å². The first-order valence-corrected chi connectivity index (χ1v) is 6.03. The van der Waals surface area contributed by atoms with E-state index in [1.54, 1.807) is 11.9 Å². The zero-order chi connectivity index (χ0) is 13.3. The number of aliphatic carboxylic acids is 1. The monoisotopic (exact) mass is 247 g/mol. The van der Waals surface area contributed by atoms with Crippen LogP contribution in [0.4, 0.5) is 0 Å². The fraction of sp³-hybridized carbons (Fsp3) is 0.429. The second kappa shape index (κ2) is 4.80. The molecular formula is C14H17NO3. The number of rotatable bonds is 4. The van der Waals surface area contributed by atoms with E-state index in [9.17, 15) is 9.59 Å². The molecule has 0 unspecified atom stereocenters. The maximum atomic E-state index is 12.0. The Morgan fingerprint density at radius 3 is 2.56 bits per heavy atom. The van der Waals surface area contributed by atoms with Crippen molar-refractivity contribution < 1.29 is 14.7 Å². The average Bonchev–Trinajstić information content (AvgIpc) is 3.11. The summed E-state index contributed by atoms with van der Waals surface area (Å²) in [4.78, 5) is 24.4. The molecule has 0 aromatic heterocycles. The minimum Gasteiger partial charge on any atom is -0.481 e. The second-order valence-electron chi connectivity index (χ2n) is 4.91. The van der Waals surface area contributed by atoms with Gasteiger partial charge < -0.3 is 10.0 Å². The Hall–Kier alpha value is -1.84. The first-order valence-electron chi connectivity index (χ1n) is 6.03. The lowest BCUT2D eigenvalue weighted by molar-refractivity contribution is -0.141. The maximum Gasteiger partial charge on any atom is 0.307 e. The van der Waals surface area contributed by atoms with Crippen molar-refractivity contribution in [3.8, 4) is 0 Å². The summed E-state index contributed by atoms with van der Waals surface area (Å²) in [5, 5.41) is 8.82. The highest BCUT2D eigenvalue weighted by Crippen LogP contribution is 2.40. The molecule has 1 aromatic carbocycles. The third-order valence-electron chi connectivity index (χ3n) is 3.47. The van der Waals surface area contributed by atoms with Crippen LogP contribution >= 0.6 is 0 Å². The number of benzene rings is 1. The van der Waals surface area contributed by atoms with Gasteiger partial charge in [0.1, 0.15) is 0 Å². The van der Waals surface area contributed by atoms with E-state index in [4.69, 9.17) is 5.11 Å². The predicted molar refractivity (Wildman–Crippen MR) is 66.9 cm³/mol. The summed E-state index contributed by atoms with van der Waals surface area (Å²) in [6, 6.07) is 7.89. The molecule has 1 amide bonds. The van der Waals surface area contributed by atoms with Gasteiger partial charge in [-0.15, -0.1) is 0 Å². The Balaban J connectivity index is 1.97. The minimum absolute atomic E-state index is 0.0642. The van der Waals surface area contributed by atoms with E-state index in [1.165, 1.54) is 0 Å². The Labute approximate surface area is 106 Å². The van der Waals surface area contributed by atoms with Gasteiger partial charge in [-0.05, 0) is 24.5 Å². The van der Waals surface area contributed by atoms with E-state index in [0.29, 0.717) is 13.0 Å². The van der Waals surface area contributed by atoms with Gasteiger partial charge in [-0.25, -0.2) is 0 Å². The van der Waals surface area contributed by atoms with Crippen LogP contribution in [0.5, 0.6) is 0 Å². The van der Waals surface area contributed by atoms with Gasteiger partial charge in [-0.2, -0.15) is 0 Å². The molecule has 0 radical (unpaired) electrons. The number of carboxylic acid groups (broad SMARTS) is 1. The van der Waals surface area contributed by atoms with Crippen LogP contribution in [0.3, 0.4) is 0 Å². The third-order valence-corrected chi connectivity index (χ3v) is 3.47. The zero-order valence-electron chi connectivity index (χ0n) is 10.6. The van der Waals surface area contributed by atoms with E-state index < -0.39 is 11.9 Å². The van der Waals surface area contributed by atoms with Gasteiger partial charge in [0.15, 0.2) is 0 Å². The fourth-order valence-corrected chi connectivity index (χ4v) is 2.14. The molecule has 1 N–H and O–H groups in total. The smallest absolute Gasteiger partial charge is 0.307 e. The van der Waals surface area contributed by atoms with Crippen molar-refractivity contribution in [3.05, 3.63) is 35.4 Å². The van der Waals surface area contributed by atoms with Crippen molar-refractivity contribution in [2.75, 3.05) is 7.05 Å². The normalized spacial score (nSPS) is 21.4. The summed E-state index contributed by atoms with van der Waals surface area (Å²) < 4.78 is 0. The number of aryl methyl sites for hydroxylation is 1. The van der Waals surface area contributed by atoms with Crippen molar-refractivity contribution in [2.45, 2.75) is 19.9 Å². The Morgan fingerprint density at radius 2 is 2.00 bits per heavy atom. The molecule has 4 nitrogen and oxygen atoms in total. The minimum atomic E-state index is -0.863. The number of carboxylic acids is 1. The lowest BCUT2D eigenvalue weighted by Gasteiger charge is -2.18. The van der Waals surface area contributed by atoms with Crippen molar-refractivity contribution >= 4 is 11.9 Å². The molecule has 18 heavy (non-hydrogen) atoms. The van der Waals surface area contributed by atoms with Crippen LogP contribution in [0.1, 0.15) is 17.5 Å². The van der Waals surface area contributed by atoms with Gasteiger partial charge in [-0.1, -0.05) is 24.3 Å². The topological polar surface area (TPSA) is 57.6 Å². The first-order chi connectivity index (χ1) is 8.50. The number of carbonyl (C=O) groups is 2. The largest absolute Gasteiger partial charge is 0.481 e. The molecular weight excluding hydrogens is 230 g/mol. The Bertz CT molecular complexity index is 484. The Kier molecular flexibility index (Phi) is 3.36. The molecule has 1 aliphatic carbocycles. The molecule has 4 heteroatoms. The number of carbonyl (C=O) groups excluding carboxylic acids is 1. The van der Waals surface area contributed by atoms with E-state index in [1.807, 2.05) is 31.2 Å². The van der Waals surface area contributed by atoms with Crippen molar-refractivity contribution in [3.63, 3.8) is 0 Å². The van der Waals surface area contributed by atoms with Crippen molar-refractivity contribution in [1.29, 1.82) is 0 Å². The standard InChI is InChI=1S/C14H17NO3/c1-9-5-3-4-6-10(9)8-15(2)13(16)11-7-12(11)14(17)18/h3-6,11-12H,7-8H2,1-2H3,(H,17,18)/t11-,12+/m1/s1. The fourth-order valence-electron chi connectivity index (χ4n) is 2.14. The van der Waals surface area contributed by atoms with Gasteiger partial charge in [0, 0.05) is 13.6 Å². The summed E-state index contributed by atoms with van der Waals surface area (Å²) in [6.45, 7) is 2.54. The van der Waals surface area contributed by atoms with Crippen LogP contribution in [0.15, 0.2) is 24.3 Å². The molecule has 1 aromatic rings. The molecule has 1 saturated carbocycles. The molecule has 0 saturated heterocycles. The molecule has 0 bridgehead atoms. The van der Waals surface area contributed by atoms with Gasteiger partial charge in [-0.3, -0.25) is 9.59 Å². The molecule has 2 rings (SSSR count). The summed E-state index contributed by atoms with van der Waals surface area (Å²) in [6.07, 6.45) is 0.478. The van der Waals surface area contributed by atoms with Gasteiger partial charge in [0.05, 0.1) is 11.8 Å². The molecule has 0 spiro atoms. The molecule has 96 valence electrons. The number of hydrogen-bond donors (Lipinski definition) is 1. The highest BCUT2D eigenvalue weighted by atomic mass is 16.4. The van der Waals surface area contributed by atoms with Crippen LogP contribution in [-0.4, -0.2) is 28.9 Å². The number of amides is 1. The van der Waals surface area contributed by atoms with Crippen molar-refractivity contribution in [2.24, 2.45) is 11.8 Å². The van der Waals surface area contributed by atoms with E-state index in [0.717, 1.165) is 11.1 Å². The molecule has 1 fully saturated rings. The quantitative estimate of drug-likeness (QED) is 0.880. The number of nitrogens with zero attached hydrogens (tertiary/aromatic N) is 1. The van der Waals surface area contributed by atoms with Crippen molar-refractivity contribution in [1.82, 2.24) is 4.90 Å². The van der Waals surface area contributed by atoms with Gasteiger partial charge in [0.25, 0.3) is 0 Å². The third kappa shape index (κ3) is 2.53. The maximum absolute atomic E-state index is 12.0. The molecule has 1 aliphatic rings. The highest BCUT2D eigenvalue weighted by molar-refractivity contribution is 5.89. The van der Waals surface area contributed by atoms with E-state index in [-0.39, 0.29) is 11.8 Å². The Morgan fingerprint density at radius 1 is 1.33 bits per heavy atom. The molecule has 0 aliphatic heterocycles. The van der Waals surface area contributed by atoms with Crippen LogP contribution in [0.25, 0.3) is 0 Å². The average molecular weight is 247 g/mol. The SMILES string of the molecule is Cc1ccccc1CN(C)C(=O)[C@@H]1C[C@@H]1C(=O)O. The van der Waals surface area contributed by atoms with E-state index in [2.05, 4.69) is 0 Å². The highest BCUT2D eigenvalue weighted by Gasteiger charge is 2.49.